The number of benzene rings is 1. The van der Waals surface area contributed by atoms with Crippen LogP contribution in [0.5, 0.6) is 0 Å². The van der Waals surface area contributed by atoms with E-state index >= 15 is 0 Å². The topological polar surface area (TPSA) is 51.8 Å². The van der Waals surface area contributed by atoms with Gasteiger partial charge in [-0.2, -0.15) is 0 Å². The minimum absolute atomic E-state index is 0.528. The molecule has 16 heavy (non-hydrogen) atoms. The van der Waals surface area contributed by atoms with Crippen molar-refractivity contribution in [3.8, 4) is 0 Å². The van der Waals surface area contributed by atoms with Gasteiger partial charge in [0, 0.05) is 11.8 Å². The lowest BCUT2D eigenvalue weighted by molar-refractivity contribution is 0.786. The number of nitrogens with zero attached hydrogens (tertiary/aromatic N) is 2. The molecule has 0 saturated heterocycles. The van der Waals surface area contributed by atoms with Gasteiger partial charge in [0.05, 0.1) is 5.52 Å². The fraction of sp³-hybridized carbons (Fsp3) is 0.333. The van der Waals surface area contributed by atoms with E-state index in [-0.39, 0.29) is 0 Å². The van der Waals surface area contributed by atoms with E-state index in [1.165, 1.54) is 0 Å². The van der Waals surface area contributed by atoms with Crippen molar-refractivity contribution in [1.29, 1.82) is 0 Å². The number of aromatic nitrogens is 2. The van der Waals surface area contributed by atoms with Gasteiger partial charge in [-0.3, -0.25) is 0 Å². The van der Waals surface area contributed by atoms with Crippen LogP contribution in [0.3, 0.4) is 0 Å². The van der Waals surface area contributed by atoms with E-state index in [2.05, 4.69) is 9.97 Å². The summed E-state index contributed by atoms with van der Waals surface area (Å²) in [6, 6.07) is 6.01. The van der Waals surface area contributed by atoms with Crippen LogP contribution in [-0.2, 0) is 6.42 Å². The van der Waals surface area contributed by atoms with E-state index in [1.807, 2.05) is 25.1 Å². The second kappa shape index (κ2) is 4.76. The van der Waals surface area contributed by atoms with Gasteiger partial charge < -0.3 is 5.73 Å². The fourth-order valence-corrected chi connectivity index (χ4v) is 1.87. The average molecular weight is 236 g/mol. The SMILES string of the molecule is Cc1ccc2nc(CCCN)nc(Cl)c2c1. The zero-order valence-corrected chi connectivity index (χ0v) is 9.96. The van der Waals surface area contributed by atoms with Crippen molar-refractivity contribution in [3.63, 3.8) is 0 Å². The maximum atomic E-state index is 6.13. The zero-order valence-electron chi connectivity index (χ0n) is 9.20. The van der Waals surface area contributed by atoms with Gasteiger partial charge in [0.25, 0.3) is 0 Å². The summed E-state index contributed by atoms with van der Waals surface area (Å²) in [7, 11) is 0. The molecule has 0 aliphatic heterocycles. The third-order valence-corrected chi connectivity index (χ3v) is 2.74. The van der Waals surface area contributed by atoms with Gasteiger partial charge in [0.2, 0.25) is 0 Å². The number of rotatable bonds is 3. The van der Waals surface area contributed by atoms with Crippen LogP contribution in [0.4, 0.5) is 0 Å². The predicted octanol–water partition coefficient (Wildman–Crippen LogP) is 2.48. The van der Waals surface area contributed by atoms with E-state index in [0.29, 0.717) is 11.7 Å². The first-order valence-electron chi connectivity index (χ1n) is 5.33. The summed E-state index contributed by atoms with van der Waals surface area (Å²) >= 11 is 6.13. The summed E-state index contributed by atoms with van der Waals surface area (Å²) in [5, 5.41) is 1.44. The largest absolute Gasteiger partial charge is 0.330 e. The van der Waals surface area contributed by atoms with Crippen molar-refractivity contribution >= 4 is 22.5 Å². The molecule has 0 aliphatic carbocycles. The molecule has 0 amide bonds. The molecule has 0 saturated carbocycles. The first kappa shape index (κ1) is 11.3. The molecular formula is C12H14ClN3. The molecule has 1 aromatic carbocycles. The Kier molecular flexibility index (Phi) is 3.36. The number of halogens is 1. The molecule has 84 valence electrons. The number of aryl methyl sites for hydroxylation is 2. The average Bonchev–Trinajstić information content (AvgIpc) is 2.27. The normalized spacial score (nSPS) is 10.9. The number of nitrogens with two attached hydrogens (primary N) is 1. The Balaban J connectivity index is 2.46. The maximum absolute atomic E-state index is 6.13. The number of hydrogen-bond donors (Lipinski definition) is 1. The van der Waals surface area contributed by atoms with Gasteiger partial charge in [0.15, 0.2) is 0 Å². The highest BCUT2D eigenvalue weighted by Crippen LogP contribution is 2.21. The van der Waals surface area contributed by atoms with E-state index in [4.69, 9.17) is 17.3 Å². The van der Waals surface area contributed by atoms with Gasteiger partial charge in [-0.25, -0.2) is 9.97 Å². The van der Waals surface area contributed by atoms with Crippen LogP contribution in [0.25, 0.3) is 10.9 Å². The van der Waals surface area contributed by atoms with Crippen molar-refractivity contribution in [2.45, 2.75) is 19.8 Å². The standard InChI is InChI=1S/C12H14ClN3/c1-8-4-5-10-9(7-8)12(13)16-11(15-10)3-2-6-14/h4-5,7H,2-3,6,14H2,1H3. The molecular weight excluding hydrogens is 222 g/mol. The second-order valence-electron chi connectivity index (χ2n) is 3.84. The van der Waals surface area contributed by atoms with Crippen molar-refractivity contribution in [2.75, 3.05) is 6.54 Å². The Bertz CT molecular complexity index is 511. The van der Waals surface area contributed by atoms with Gasteiger partial charge in [-0.15, -0.1) is 0 Å². The van der Waals surface area contributed by atoms with Gasteiger partial charge in [-0.05, 0) is 32.0 Å². The molecule has 0 radical (unpaired) electrons. The first-order chi connectivity index (χ1) is 7.70. The fourth-order valence-electron chi connectivity index (χ4n) is 1.62. The molecule has 2 rings (SSSR count). The summed E-state index contributed by atoms with van der Waals surface area (Å²) in [6.07, 6.45) is 1.66. The molecule has 3 nitrogen and oxygen atoms in total. The third-order valence-electron chi connectivity index (χ3n) is 2.46. The van der Waals surface area contributed by atoms with Gasteiger partial charge in [0.1, 0.15) is 11.0 Å². The van der Waals surface area contributed by atoms with Crippen LogP contribution in [0.1, 0.15) is 17.8 Å². The van der Waals surface area contributed by atoms with E-state index in [1.54, 1.807) is 0 Å². The highest BCUT2D eigenvalue weighted by molar-refractivity contribution is 6.34. The zero-order chi connectivity index (χ0) is 11.5. The molecule has 4 heteroatoms. The number of fused-ring (bicyclic) bond motifs is 1. The summed E-state index contributed by atoms with van der Waals surface area (Å²) in [4.78, 5) is 8.74. The number of hydrogen-bond acceptors (Lipinski definition) is 3. The quantitative estimate of drug-likeness (QED) is 0.832. The molecule has 0 unspecified atom stereocenters. The highest BCUT2D eigenvalue weighted by Gasteiger charge is 2.05. The Morgan fingerprint density at radius 1 is 1.31 bits per heavy atom. The predicted molar refractivity (Wildman–Crippen MR) is 66.7 cm³/mol. The van der Waals surface area contributed by atoms with E-state index < -0.39 is 0 Å². The minimum Gasteiger partial charge on any atom is -0.330 e. The van der Waals surface area contributed by atoms with Crippen LogP contribution in [-0.4, -0.2) is 16.5 Å². The molecule has 0 atom stereocenters. The Morgan fingerprint density at radius 3 is 2.88 bits per heavy atom. The van der Waals surface area contributed by atoms with Crippen molar-refractivity contribution in [2.24, 2.45) is 5.73 Å². The van der Waals surface area contributed by atoms with Gasteiger partial charge >= 0.3 is 0 Å². The molecule has 1 aromatic heterocycles. The lowest BCUT2D eigenvalue weighted by Gasteiger charge is -2.04. The summed E-state index contributed by atoms with van der Waals surface area (Å²) in [5.74, 6) is 0.770. The maximum Gasteiger partial charge on any atom is 0.140 e. The smallest absolute Gasteiger partial charge is 0.140 e. The lowest BCUT2D eigenvalue weighted by atomic mass is 10.1. The second-order valence-corrected chi connectivity index (χ2v) is 4.20. The van der Waals surface area contributed by atoms with Crippen LogP contribution in [0.2, 0.25) is 5.15 Å². The van der Waals surface area contributed by atoms with Gasteiger partial charge in [-0.1, -0.05) is 23.2 Å². The molecule has 0 aliphatic rings. The van der Waals surface area contributed by atoms with Crippen LogP contribution >= 0.6 is 11.6 Å². The Hall–Kier alpha value is -1.19. The summed E-state index contributed by atoms with van der Waals surface area (Å²) < 4.78 is 0. The lowest BCUT2D eigenvalue weighted by Crippen LogP contribution is -2.03. The van der Waals surface area contributed by atoms with Crippen molar-refractivity contribution in [1.82, 2.24) is 9.97 Å². The molecule has 0 spiro atoms. The van der Waals surface area contributed by atoms with Crippen molar-refractivity contribution < 1.29 is 0 Å². The Morgan fingerprint density at radius 2 is 2.12 bits per heavy atom. The van der Waals surface area contributed by atoms with Crippen molar-refractivity contribution in [3.05, 3.63) is 34.7 Å². The van der Waals surface area contributed by atoms with Crippen LogP contribution in [0, 0.1) is 6.92 Å². The first-order valence-corrected chi connectivity index (χ1v) is 5.71. The third kappa shape index (κ3) is 2.31. The molecule has 2 N–H and O–H groups in total. The van der Waals surface area contributed by atoms with Crippen LogP contribution in [0.15, 0.2) is 18.2 Å². The van der Waals surface area contributed by atoms with E-state index in [9.17, 15) is 0 Å². The molecule has 0 fully saturated rings. The molecule has 0 bridgehead atoms. The summed E-state index contributed by atoms with van der Waals surface area (Å²) in [6.45, 7) is 2.67. The van der Waals surface area contributed by atoms with E-state index in [0.717, 1.165) is 35.1 Å². The highest BCUT2D eigenvalue weighted by atomic mass is 35.5. The molecule has 2 aromatic rings. The van der Waals surface area contributed by atoms with Crippen LogP contribution < -0.4 is 5.73 Å². The minimum atomic E-state index is 0.528. The Labute approximate surface area is 99.7 Å². The molecule has 1 heterocycles. The summed E-state index contributed by atoms with van der Waals surface area (Å²) in [5.41, 5.74) is 7.52. The monoisotopic (exact) mass is 235 g/mol.